The van der Waals surface area contributed by atoms with Crippen LogP contribution in [-0.2, 0) is 9.59 Å². The molecule has 2 aliphatic heterocycles. The van der Waals surface area contributed by atoms with Gasteiger partial charge in [-0.3, -0.25) is 9.80 Å². The predicted octanol–water partition coefficient (Wildman–Crippen LogP) is 2.53. The number of hydrogen-bond donors (Lipinski definition) is 0. The first-order valence-corrected chi connectivity index (χ1v) is 13.0. The zero-order valence-corrected chi connectivity index (χ0v) is 23.7. The topological polar surface area (TPSA) is 86.7 Å². The maximum atomic E-state index is 12.7. The molecular formula is C26H46N2O4S-2. The highest BCUT2D eigenvalue weighted by atomic mass is 32.2. The normalized spacial score (nSPS) is 29.7. The maximum absolute atomic E-state index is 12.7. The summed E-state index contributed by atoms with van der Waals surface area (Å²) in [7, 11) is 4.15. The summed E-state index contributed by atoms with van der Waals surface area (Å²) in [4.78, 5) is 30.1. The van der Waals surface area contributed by atoms with Gasteiger partial charge in [-0.1, -0.05) is 0 Å². The molecule has 0 aromatic rings. The zero-order valence-electron chi connectivity index (χ0n) is 22.9. The summed E-state index contributed by atoms with van der Waals surface area (Å²) in [5.74, 6) is -2.85. The van der Waals surface area contributed by atoms with Crippen molar-refractivity contribution in [1.82, 2.24) is 9.80 Å². The Hall–Kier alpha value is -0.790. The quantitative estimate of drug-likeness (QED) is 0.575. The molecule has 0 saturated carbocycles. The molecule has 0 aromatic heterocycles. The van der Waals surface area contributed by atoms with Crippen molar-refractivity contribution in [3.05, 3.63) is 0 Å². The van der Waals surface area contributed by atoms with E-state index in [-0.39, 0.29) is 34.0 Å². The van der Waals surface area contributed by atoms with Crippen LogP contribution in [0.15, 0.2) is 0 Å². The second-order valence-corrected chi connectivity index (χ2v) is 15.4. The summed E-state index contributed by atoms with van der Waals surface area (Å²) < 4.78 is -2.72. The van der Waals surface area contributed by atoms with Crippen LogP contribution in [0.2, 0.25) is 0 Å². The van der Waals surface area contributed by atoms with Crippen LogP contribution in [-0.4, -0.2) is 67.5 Å². The van der Waals surface area contributed by atoms with E-state index >= 15 is 0 Å². The first-order valence-electron chi connectivity index (χ1n) is 12.1. The minimum Gasteiger partial charge on any atom is -0.549 e. The predicted molar refractivity (Wildman–Crippen MR) is 132 cm³/mol. The summed E-state index contributed by atoms with van der Waals surface area (Å²) in [5, 5.41) is 25.5. The highest BCUT2D eigenvalue weighted by Crippen LogP contribution is 2.56. The van der Waals surface area contributed by atoms with Crippen LogP contribution in [0.3, 0.4) is 0 Å². The van der Waals surface area contributed by atoms with Crippen molar-refractivity contribution < 1.29 is 19.8 Å². The van der Waals surface area contributed by atoms with Crippen molar-refractivity contribution in [2.24, 2.45) is 11.8 Å². The van der Waals surface area contributed by atoms with Gasteiger partial charge >= 0.3 is 0 Å². The lowest BCUT2D eigenvalue weighted by Crippen LogP contribution is -2.66. The molecule has 2 unspecified atom stereocenters. The van der Waals surface area contributed by atoms with Gasteiger partial charge in [0.1, 0.15) is 0 Å². The van der Waals surface area contributed by atoms with Gasteiger partial charge in [0.2, 0.25) is 0 Å². The Morgan fingerprint density at radius 3 is 1.06 bits per heavy atom. The van der Waals surface area contributed by atoms with E-state index in [1.807, 2.05) is 0 Å². The van der Waals surface area contributed by atoms with Gasteiger partial charge < -0.3 is 19.8 Å². The second kappa shape index (κ2) is 8.41. The van der Waals surface area contributed by atoms with Crippen LogP contribution >= 0.6 is 11.8 Å². The number of likely N-dealkylation sites (tertiary alicyclic amines) is 2. The lowest BCUT2D eigenvalue weighted by molar-refractivity contribution is -0.311. The molecule has 0 spiro atoms. The van der Waals surface area contributed by atoms with Crippen molar-refractivity contribution in [3.63, 3.8) is 0 Å². The molecule has 2 saturated heterocycles. The summed E-state index contributed by atoms with van der Waals surface area (Å²) in [6.07, 6.45) is 2.60. The van der Waals surface area contributed by atoms with Crippen LogP contribution in [0.4, 0.5) is 0 Å². The molecule has 2 fully saturated rings. The number of thioether (sulfide) groups is 1. The van der Waals surface area contributed by atoms with Crippen molar-refractivity contribution in [2.45, 2.75) is 127 Å². The van der Waals surface area contributed by atoms with Crippen molar-refractivity contribution in [1.29, 1.82) is 0 Å². The first kappa shape index (κ1) is 28.4. The Kier molecular flexibility index (Phi) is 7.25. The fraction of sp³-hybridized carbons (Fsp3) is 0.923. The van der Waals surface area contributed by atoms with Gasteiger partial charge in [0.15, 0.2) is 0 Å². The summed E-state index contributed by atoms with van der Waals surface area (Å²) in [5.41, 5.74) is -0.892. The Bertz CT molecular complexity index is 693. The average molecular weight is 483 g/mol. The van der Waals surface area contributed by atoms with E-state index < -0.39 is 21.4 Å². The molecule has 2 aliphatic rings. The highest BCUT2D eigenvalue weighted by Gasteiger charge is 2.55. The average Bonchev–Trinajstić information content (AvgIpc) is 2.62. The fourth-order valence-corrected chi connectivity index (χ4v) is 8.26. The van der Waals surface area contributed by atoms with Crippen molar-refractivity contribution in [2.75, 3.05) is 14.1 Å². The van der Waals surface area contributed by atoms with Gasteiger partial charge in [0, 0.05) is 22.2 Å². The number of carboxylic acids is 2. The number of carbonyl (C=O) groups excluding carboxylic acids is 2. The third kappa shape index (κ3) is 4.97. The van der Waals surface area contributed by atoms with E-state index in [1.54, 1.807) is 13.8 Å². The monoisotopic (exact) mass is 482 g/mol. The maximum Gasteiger partial charge on any atom is 0.0575 e. The van der Waals surface area contributed by atoms with E-state index in [0.717, 1.165) is 11.8 Å². The standard InChI is InChI=1S/C26H48N2O4S/c1-21(2)13-17(14-22(3,4)27(21)11)25(9,19(29)30)33-26(10,20(31)32)18-15-23(5,6)28(12)24(7,8)16-18/h17-18H,13-16H2,1-12H3,(H,29,30)(H,31,32)/p-2. The molecule has 0 N–H and O–H groups in total. The lowest BCUT2D eigenvalue weighted by Gasteiger charge is -2.60. The molecule has 0 aliphatic carbocycles. The van der Waals surface area contributed by atoms with E-state index in [4.69, 9.17) is 0 Å². The van der Waals surface area contributed by atoms with Crippen LogP contribution in [0.25, 0.3) is 0 Å². The molecule has 0 bridgehead atoms. The lowest BCUT2D eigenvalue weighted by atomic mass is 9.69. The Morgan fingerprint density at radius 2 is 0.879 bits per heavy atom. The number of nitrogens with zero attached hydrogens (tertiary/aromatic N) is 2. The molecule has 7 heteroatoms. The molecule has 192 valence electrons. The van der Waals surface area contributed by atoms with Crippen molar-refractivity contribution in [3.8, 4) is 0 Å². The number of aliphatic carboxylic acids is 2. The van der Waals surface area contributed by atoms with E-state index in [2.05, 4.69) is 79.3 Å². The molecule has 0 radical (unpaired) electrons. The van der Waals surface area contributed by atoms with Gasteiger partial charge in [0.25, 0.3) is 0 Å². The summed E-state index contributed by atoms with van der Waals surface area (Å²) in [6, 6.07) is 0. The van der Waals surface area contributed by atoms with Crippen LogP contribution in [0.1, 0.15) is 94.9 Å². The number of carbonyl (C=O) groups is 2. The van der Waals surface area contributed by atoms with Gasteiger partial charge in [0.05, 0.1) is 21.4 Å². The van der Waals surface area contributed by atoms with Gasteiger partial charge in [-0.25, -0.2) is 0 Å². The second-order valence-electron chi connectivity index (χ2n) is 13.5. The van der Waals surface area contributed by atoms with E-state index in [1.165, 1.54) is 0 Å². The number of rotatable bonds is 6. The molecule has 33 heavy (non-hydrogen) atoms. The third-order valence-electron chi connectivity index (χ3n) is 9.41. The number of carboxylic acid groups (broad SMARTS) is 2. The summed E-state index contributed by atoms with van der Waals surface area (Å²) >= 11 is 1.07. The van der Waals surface area contributed by atoms with E-state index in [9.17, 15) is 19.8 Å². The SMILES string of the molecule is CN1C(C)(C)CC(C(C)(SC(C)(C(=O)[O-])C2CC(C)(C)N(C)C(C)(C)C2)C(=O)[O-])CC1(C)C. The van der Waals surface area contributed by atoms with Crippen LogP contribution in [0, 0.1) is 11.8 Å². The van der Waals surface area contributed by atoms with Crippen LogP contribution in [0.5, 0.6) is 0 Å². The minimum atomic E-state index is -1.36. The Morgan fingerprint density at radius 1 is 0.667 bits per heavy atom. The molecule has 6 nitrogen and oxygen atoms in total. The molecule has 2 heterocycles. The smallest absolute Gasteiger partial charge is 0.0575 e. The van der Waals surface area contributed by atoms with Crippen LogP contribution < -0.4 is 10.2 Å². The van der Waals surface area contributed by atoms with Gasteiger partial charge in [-0.2, -0.15) is 0 Å². The minimum absolute atomic E-state index is 0.223. The zero-order chi connectivity index (χ0) is 26.0. The molecule has 2 rings (SSSR count). The van der Waals surface area contributed by atoms with Gasteiger partial charge in [-0.05, 0) is 121 Å². The summed E-state index contributed by atoms with van der Waals surface area (Å²) in [6.45, 7) is 20.4. The number of piperidine rings is 2. The number of hydrogen-bond acceptors (Lipinski definition) is 7. The largest absolute Gasteiger partial charge is 0.549 e. The third-order valence-corrected chi connectivity index (χ3v) is 11.3. The Labute approximate surface area is 205 Å². The molecular weight excluding hydrogens is 436 g/mol. The first-order chi connectivity index (χ1) is 14.5. The fourth-order valence-electron chi connectivity index (χ4n) is 6.55. The Balaban J connectivity index is 2.52. The van der Waals surface area contributed by atoms with E-state index in [0.29, 0.717) is 25.7 Å². The molecule has 0 amide bonds. The molecule has 2 atom stereocenters. The van der Waals surface area contributed by atoms with Crippen molar-refractivity contribution >= 4 is 23.7 Å². The molecule has 0 aromatic carbocycles. The highest BCUT2D eigenvalue weighted by molar-refractivity contribution is 8.03. The van der Waals surface area contributed by atoms with Gasteiger partial charge in [-0.15, -0.1) is 11.8 Å².